The van der Waals surface area contributed by atoms with E-state index in [2.05, 4.69) is 15.5 Å². The summed E-state index contributed by atoms with van der Waals surface area (Å²) in [6.07, 6.45) is 0. The molecule has 1 aromatic carbocycles. The molecule has 0 aliphatic heterocycles. The molecule has 0 radical (unpaired) electrons. The molecule has 0 fully saturated rings. The second kappa shape index (κ2) is 5.91. The van der Waals surface area contributed by atoms with Crippen LogP contribution in [0, 0.1) is 12.7 Å². The molecule has 6 nitrogen and oxygen atoms in total. The van der Waals surface area contributed by atoms with Crippen LogP contribution in [0.3, 0.4) is 0 Å². The topological polar surface area (TPSA) is 79.8 Å². The minimum atomic E-state index is -0.476. The minimum Gasteiger partial charge on any atom is -0.323 e. The highest BCUT2D eigenvalue weighted by atomic mass is 32.2. The predicted molar refractivity (Wildman–Crippen MR) is 74.3 cm³/mol. The molecule has 1 heterocycles. The minimum absolute atomic E-state index is 0.0332. The van der Waals surface area contributed by atoms with Crippen molar-refractivity contribution in [2.24, 2.45) is 7.05 Å². The summed E-state index contributed by atoms with van der Waals surface area (Å²) in [6, 6.07) is 4.57. The molecule has 106 valence electrons. The number of aryl methyl sites for hydroxylation is 1. The number of carbonyl (C=O) groups is 1. The lowest BCUT2D eigenvalue weighted by atomic mass is 10.2. The first-order chi connectivity index (χ1) is 9.47. The molecule has 2 rings (SSSR count). The quantitative estimate of drug-likeness (QED) is 0.833. The van der Waals surface area contributed by atoms with E-state index in [9.17, 15) is 14.0 Å². The van der Waals surface area contributed by atoms with Gasteiger partial charge in [0, 0.05) is 7.05 Å². The third-order valence-corrected chi connectivity index (χ3v) is 3.60. The lowest BCUT2D eigenvalue weighted by molar-refractivity contribution is -0.113. The Balaban J connectivity index is 1.96. The van der Waals surface area contributed by atoms with E-state index in [4.69, 9.17) is 0 Å². The fraction of sp³-hybridized carbons (Fsp3) is 0.250. The van der Waals surface area contributed by atoms with Crippen molar-refractivity contribution in [3.63, 3.8) is 0 Å². The van der Waals surface area contributed by atoms with Gasteiger partial charge in [-0.25, -0.2) is 14.3 Å². The molecule has 0 aliphatic rings. The number of halogens is 1. The van der Waals surface area contributed by atoms with Crippen molar-refractivity contribution in [2.75, 3.05) is 11.1 Å². The van der Waals surface area contributed by atoms with Crippen molar-refractivity contribution in [3.8, 4) is 0 Å². The summed E-state index contributed by atoms with van der Waals surface area (Å²) in [5.74, 6) is -0.811. The monoisotopic (exact) mass is 296 g/mol. The zero-order valence-electron chi connectivity index (χ0n) is 10.9. The van der Waals surface area contributed by atoms with Crippen molar-refractivity contribution < 1.29 is 9.18 Å². The highest BCUT2D eigenvalue weighted by molar-refractivity contribution is 7.99. The van der Waals surface area contributed by atoms with E-state index in [1.165, 1.54) is 16.7 Å². The van der Waals surface area contributed by atoms with E-state index in [0.717, 1.165) is 17.3 Å². The van der Waals surface area contributed by atoms with Crippen LogP contribution in [0.5, 0.6) is 0 Å². The number of hydrogen-bond acceptors (Lipinski definition) is 4. The van der Waals surface area contributed by atoms with Crippen LogP contribution in [0.2, 0.25) is 0 Å². The normalized spacial score (nSPS) is 10.6. The third kappa shape index (κ3) is 3.27. The summed E-state index contributed by atoms with van der Waals surface area (Å²) in [5.41, 5.74) is 0.566. The third-order valence-electron chi connectivity index (χ3n) is 2.57. The Hall–Kier alpha value is -2.09. The average Bonchev–Trinajstić information content (AvgIpc) is 2.71. The molecule has 0 bridgehead atoms. The van der Waals surface area contributed by atoms with E-state index < -0.39 is 5.82 Å². The largest absolute Gasteiger partial charge is 0.343 e. The molecule has 0 atom stereocenters. The smallest absolute Gasteiger partial charge is 0.323 e. The molecule has 2 N–H and O–H groups in total. The molecule has 8 heteroatoms. The van der Waals surface area contributed by atoms with Crippen LogP contribution in [-0.2, 0) is 11.8 Å². The SMILES string of the molecule is Cc1ccc(NC(=O)CSc2n[nH]c(=O)n2C)c(F)c1. The number of amides is 1. The molecule has 1 aromatic heterocycles. The zero-order chi connectivity index (χ0) is 14.7. The van der Waals surface area contributed by atoms with Crippen molar-refractivity contribution >= 4 is 23.4 Å². The molecular weight excluding hydrogens is 283 g/mol. The maximum Gasteiger partial charge on any atom is 0.343 e. The van der Waals surface area contributed by atoms with Crippen LogP contribution < -0.4 is 11.0 Å². The van der Waals surface area contributed by atoms with Crippen molar-refractivity contribution in [2.45, 2.75) is 12.1 Å². The molecule has 20 heavy (non-hydrogen) atoms. The van der Waals surface area contributed by atoms with Gasteiger partial charge in [-0.05, 0) is 24.6 Å². The van der Waals surface area contributed by atoms with E-state index >= 15 is 0 Å². The first-order valence-electron chi connectivity index (χ1n) is 5.77. The number of thioether (sulfide) groups is 1. The van der Waals surface area contributed by atoms with Crippen LogP contribution in [0.1, 0.15) is 5.56 Å². The fourth-order valence-corrected chi connectivity index (χ4v) is 2.22. The van der Waals surface area contributed by atoms with Crippen LogP contribution in [0.15, 0.2) is 28.2 Å². The molecular formula is C12H13FN4O2S. The summed E-state index contributed by atoms with van der Waals surface area (Å²) < 4.78 is 14.9. The number of carbonyl (C=O) groups excluding carboxylic acids is 1. The van der Waals surface area contributed by atoms with Crippen molar-refractivity contribution in [3.05, 3.63) is 40.1 Å². The van der Waals surface area contributed by atoms with Gasteiger partial charge < -0.3 is 5.32 Å². The molecule has 1 amide bonds. The Morgan fingerprint density at radius 3 is 2.90 bits per heavy atom. The van der Waals surface area contributed by atoms with Crippen LogP contribution in [0.25, 0.3) is 0 Å². The van der Waals surface area contributed by atoms with Crippen LogP contribution >= 0.6 is 11.8 Å². The van der Waals surface area contributed by atoms with Crippen LogP contribution in [0.4, 0.5) is 10.1 Å². The summed E-state index contributed by atoms with van der Waals surface area (Å²) in [7, 11) is 1.55. The number of anilines is 1. The lowest BCUT2D eigenvalue weighted by Gasteiger charge is -2.06. The first kappa shape index (κ1) is 14.3. The average molecular weight is 296 g/mol. The van der Waals surface area contributed by atoms with Gasteiger partial charge >= 0.3 is 5.69 Å². The van der Waals surface area contributed by atoms with Gasteiger partial charge in [0.1, 0.15) is 5.82 Å². The number of nitrogens with zero attached hydrogens (tertiary/aromatic N) is 2. The second-order valence-electron chi connectivity index (χ2n) is 4.19. The van der Waals surface area contributed by atoms with Gasteiger partial charge in [-0.2, -0.15) is 0 Å². The molecule has 0 spiro atoms. The first-order valence-corrected chi connectivity index (χ1v) is 6.76. The summed E-state index contributed by atoms with van der Waals surface area (Å²) in [4.78, 5) is 22.9. The van der Waals surface area contributed by atoms with Crippen molar-refractivity contribution in [1.82, 2.24) is 14.8 Å². The maximum atomic E-state index is 13.6. The Bertz CT molecular complexity index is 695. The Labute approximate surface area is 118 Å². The highest BCUT2D eigenvalue weighted by Gasteiger charge is 2.10. The van der Waals surface area contributed by atoms with Gasteiger partial charge in [0.05, 0.1) is 11.4 Å². The van der Waals surface area contributed by atoms with Gasteiger partial charge in [0.15, 0.2) is 5.16 Å². The van der Waals surface area contributed by atoms with Gasteiger partial charge in [-0.3, -0.25) is 9.36 Å². The number of rotatable bonds is 4. The Kier molecular flexibility index (Phi) is 4.23. The van der Waals surface area contributed by atoms with E-state index in [-0.39, 0.29) is 23.0 Å². The van der Waals surface area contributed by atoms with Gasteiger partial charge in [0.2, 0.25) is 5.91 Å². The lowest BCUT2D eigenvalue weighted by Crippen LogP contribution is -2.16. The number of nitrogens with one attached hydrogen (secondary N) is 2. The summed E-state index contributed by atoms with van der Waals surface area (Å²) in [6.45, 7) is 1.77. The zero-order valence-corrected chi connectivity index (χ0v) is 11.8. The Morgan fingerprint density at radius 1 is 1.55 bits per heavy atom. The highest BCUT2D eigenvalue weighted by Crippen LogP contribution is 2.17. The maximum absolute atomic E-state index is 13.6. The van der Waals surface area contributed by atoms with E-state index in [1.54, 1.807) is 20.0 Å². The molecule has 0 saturated heterocycles. The second-order valence-corrected chi connectivity index (χ2v) is 5.13. The van der Waals surface area contributed by atoms with E-state index in [0.29, 0.717) is 5.16 Å². The number of H-pyrrole nitrogens is 1. The summed E-state index contributed by atoms with van der Waals surface area (Å²) >= 11 is 1.09. The Morgan fingerprint density at radius 2 is 2.30 bits per heavy atom. The number of aromatic amines is 1. The van der Waals surface area contributed by atoms with Gasteiger partial charge in [-0.15, -0.1) is 5.10 Å². The molecule has 0 saturated carbocycles. The van der Waals surface area contributed by atoms with Crippen LogP contribution in [-0.4, -0.2) is 26.4 Å². The number of benzene rings is 1. The summed E-state index contributed by atoms with van der Waals surface area (Å²) in [5, 5.41) is 8.90. The van der Waals surface area contributed by atoms with E-state index in [1.807, 2.05) is 0 Å². The number of hydrogen-bond donors (Lipinski definition) is 2. The standard InChI is InChI=1S/C12H13FN4O2S/c1-7-3-4-9(8(13)5-7)14-10(18)6-20-12-16-15-11(19)17(12)2/h3-5H,6H2,1-2H3,(H,14,18)(H,15,19). The van der Waals surface area contributed by atoms with Gasteiger partial charge in [-0.1, -0.05) is 17.8 Å². The fourth-order valence-electron chi connectivity index (χ4n) is 1.50. The molecule has 2 aromatic rings. The van der Waals surface area contributed by atoms with Crippen molar-refractivity contribution in [1.29, 1.82) is 0 Å². The van der Waals surface area contributed by atoms with Gasteiger partial charge in [0.25, 0.3) is 0 Å². The predicted octanol–water partition coefficient (Wildman–Crippen LogP) is 1.29. The number of aromatic nitrogens is 3. The molecule has 0 aliphatic carbocycles. The molecule has 0 unspecified atom stereocenters.